The van der Waals surface area contributed by atoms with E-state index < -0.39 is 0 Å². The monoisotopic (exact) mass is 275 g/mol. The molecular formula is C14H14ClN3O. The molecule has 0 radical (unpaired) electrons. The van der Waals surface area contributed by atoms with Crippen LogP contribution in [0.2, 0.25) is 5.02 Å². The van der Waals surface area contributed by atoms with Crippen molar-refractivity contribution in [1.29, 1.82) is 0 Å². The van der Waals surface area contributed by atoms with E-state index in [1.807, 2.05) is 18.2 Å². The molecule has 0 aliphatic carbocycles. The zero-order valence-corrected chi connectivity index (χ0v) is 10.9. The van der Waals surface area contributed by atoms with Crippen LogP contribution in [0.3, 0.4) is 0 Å². The maximum Gasteiger partial charge on any atom is 0.319 e. The summed E-state index contributed by atoms with van der Waals surface area (Å²) in [6, 6.07) is 14.1. The number of hydrogen-bond donors (Lipinski definition) is 3. The quantitative estimate of drug-likeness (QED) is 0.753. The molecule has 0 spiro atoms. The molecule has 0 atom stereocenters. The maximum atomic E-state index is 11.7. The number of nitrogen functional groups attached to an aromatic ring is 1. The number of nitrogens with two attached hydrogens (primary N) is 1. The molecular weight excluding hydrogens is 262 g/mol. The van der Waals surface area contributed by atoms with Gasteiger partial charge in [-0.3, -0.25) is 0 Å². The van der Waals surface area contributed by atoms with Crippen LogP contribution in [0.25, 0.3) is 0 Å². The molecule has 5 heteroatoms. The van der Waals surface area contributed by atoms with Gasteiger partial charge in [-0.2, -0.15) is 0 Å². The molecule has 0 heterocycles. The molecule has 2 amide bonds. The first kappa shape index (κ1) is 13.2. The molecule has 0 bridgehead atoms. The van der Waals surface area contributed by atoms with E-state index in [-0.39, 0.29) is 6.03 Å². The molecule has 0 aliphatic rings. The van der Waals surface area contributed by atoms with Crippen LogP contribution in [0.1, 0.15) is 5.56 Å². The lowest BCUT2D eigenvalue weighted by Gasteiger charge is -2.08. The second-order valence-corrected chi connectivity index (χ2v) is 4.50. The van der Waals surface area contributed by atoms with Crippen LogP contribution in [0, 0.1) is 0 Å². The summed E-state index contributed by atoms with van der Waals surface area (Å²) in [7, 11) is 0. The van der Waals surface area contributed by atoms with Gasteiger partial charge in [0.1, 0.15) is 0 Å². The minimum Gasteiger partial charge on any atom is -0.399 e. The van der Waals surface area contributed by atoms with Crippen molar-refractivity contribution in [2.45, 2.75) is 6.54 Å². The van der Waals surface area contributed by atoms with E-state index in [2.05, 4.69) is 10.6 Å². The van der Waals surface area contributed by atoms with E-state index in [0.29, 0.717) is 22.9 Å². The predicted molar refractivity (Wildman–Crippen MR) is 78.2 cm³/mol. The Labute approximate surface area is 116 Å². The van der Waals surface area contributed by atoms with Crippen LogP contribution >= 0.6 is 11.6 Å². The summed E-state index contributed by atoms with van der Waals surface area (Å²) in [5, 5.41) is 6.10. The lowest BCUT2D eigenvalue weighted by molar-refractivity contribution is 0.251. The van der Waals surface area contributed by atoms with Gasteiger partial charge in [-0.1, -0.05) is 29.8 Å². The number of rotatable bonds is 3. The van der Waals surface area contributed by atoms with E-state index in [1.54, 1.807) is 30.3 Å². The molecule has 19 heavy (non-hydrogen) atoms. The van der Waals surface area contributed by atoms with Crippen molar-refractivity contribution in [3.8, 4) is 0 Å². The fourth-order valence-corrected chi connectivity index (χ4v) is 1.83. The van der Waals surface area contributed by atoms with Gasteiger partial charge in [0.15, 0.2) is 0 Å². The summed E-state index contributed by atoms with van der Waals surface area (Å²) in [6.45, 7) is 0.411. The first-order chi connectivity index (χ1) is 9.13. The SMILES string of the molecule is Nc1cccc(NC(=O)NCc2cccc(Cl)c2)c1. The molecule has 4 nitrogen and oxygen atoms in total. The molecule has 0 unspecified atom stereocenters. The Bertz CT molecular complexity index is 586. The van der Waals surface area contributed by atoms with Crippen LogP contribution in [0.5, 0.6) is 0 Å². The number of carbonyl (C=O) groups excluding carboxylic acids is 1. The number of nitrogens with one attached hydrogen (secondary N) is 2. The number of anilines is 2. The summed E-state index contributed by atoms with van der Waals surface area (Å²) >= 11 is 5.87. The van der Waals surface area contributed by atoms with Crippen LogP contribution < -0.4 is 16.4 Å². The Morgan fingerprint density at radius 1 is 1.16 bits per heavy atom. The zero-order chi connectivity index (χ0) is 13.7. The van der Waals surface area contributed by atoms with E-state index in [0.717, 1.165) is 5.56 Å². The highest BCUT2D eigenvalue weighted by molar-refractivity contribution is 6.30. The van der Waals surface area contributed by atoms with Gasteiger partial charge >= 0.3 is 6.03 Å². The second kappa shape index (κ2) is 6.11. The minimum absolute atomic E-state index is 0.287. The fourth-order valence-electron chi connectivity index (χ4n) is 1.62. The highest BCUT2D eigenvalue weighted by Crippen LogP contribution is 2.12. The van der Waals surface area contributed by atoms with Crippen molar-refractivity contribution >= 4 is 29.0 Å². The average Bonchev–Trinajstić information content (AvgIpc) is 2.36. The summed E-state index contributed by atoms with van der Waals surface area (Å²) in [6.07, 6.45) is 0. The number of hydrogen-bond acceptors (Lipinski definition) is 2. The van der Waals surface area contributed by atoms with Crippen molar-refractivity contribution < 1.29 is 4.79 Å². The molecule has 0 aliphatic heterocycles. The van der Waals surface area contributed by atoms with Gasteiger partial charge in [0, 0.05) is 22.9 Å². The van der Waals surface area contributed by atoms with E-state index in [1.165, 1.54) is 0 Å². The van der Waals surface area contributed by atoms with Crippen molar-refractivity contribution in [1.82, 2.24) is 5.32 Å². The van der Waals surface area contributed by atoms with Crippen molar-refractivity contribution in [3.05, 3.63) is 59.1 Å². The normalized spacial score (nSPS) is 9.95. The number of benzene rings is 2. The van der Waals surface area contributed by atoms with Crippen LogP contribution in [-0.4, -0.2) is 6.03 Å². The molecule has 2 aromatic rings. The number of halogens is 1. The molecule has 98 valence electrons. The maximum absolute atomic E-state index is 11.7. The second-order valence-electron chi connectivity index (χ2n) is 4.06. The fraction of sp³-hybridized carbons (Fsp3) is 0.0714. The predicted octanol–water partition coefficient (Wildman–Crippen LogP) is 3.24. The molecule has 0 saturated heterocycles. The summed E-state index contributed by atoms with van der Waals surface area (Å²) in [5.74, 6) is 0. The Hall–Kier alpha value is -2.20. The molecule has 2 rings (SSSR count). The van der Waals surface area contributed by atoms with Gasteiger partial charge in [0.2, 0.25) is 0 Å². The molecule has 0 aromatic heterocycles. The smallest absolute Gasteiger partial charge is 0.319 e. The van der Waals surface area contributed by atoms with Gasteiger partial charge in [-0.15, -0.1) is 0 Å². The van der Waals surface area contributed by atoms with Gasteiger partial charge in [0.25, 0.3) is 0 Å². The van der Waals surface area contributed by atoms with Crippen LogP contribution in [0.4, 0.5) is 16.2 Å². The first-order valence-electron chi connectivity index (χ1n) is 5.78. The largest absolute Gasteiger partial charge is 0.399 e. The minimum atomic E-state index is -0.287. The molecule has 0 saturated carbocycles. The average molecular weight is 276 g/mol. The van der Waals surface area contributed by atoms with Crippen molar-refractivity contribution in [2.24, 2.45) is 0 Å². The lowest BCUT2D eigenvalue weighted by Crippen LogP contribution is -2.28. The van der Waals surface area contributed by atoms with Crippen molar-refractivity contribution in [3.63, 3.8) is 0 Å². The topological polar surface area (TPSA) is 67.1 Å². The van der Waals surface area contributed by atoms with Crippen molar-refractivity contribution in [2.75, 3.05) is 11.1 Å². The Morgan fingerprint density at radius 3 is 2.68 bits per heavy atom. The number of urea groups is 1. The van der Waals surface area contributed by atoms with E-state index >= 15 is 0 Å². The van der Waals surface area contributed by atoms with Gasteiger partial charge in [-0.05, 0) is 35.9 Å². The summed E-state index contributed by atoms with van der Waals surface area (Å²) in [5.41, 5.74) is 7.83. The standard InChI is InChI=1S/C14H14ClN3O/c15-11-4-1-3-10(7-11)9-17-14(19)18-13-6-2-5-12(16)8-13/h1-8H,9,16H2,(H2,17,18,19). The third-order valence-electron chi connectivity index (χ3n) is 2.49. The molecule has 2 aromatic carbocycles. The Kier molecular flexibility index (Phi) is 4.26. The lowest BCUT2D eigenvalue weighted by atomic mass is 10.2. The number of amides is 2. The van der Waals surface area contributed by atoms with Gasteiger partial charge in [-0.25, -0.2) is 4.79 Å². The van der Waals surface area contributed by atoms with Crippen LogP contribution in [-0.2, 0) is 6.54 Å². The van der Waals surface area contributed by atoms with E-state index in [9.17, 15) is 4.79 Å². The Morgan fingerprint density at radius 2 is 1.95 bits per heavy atom. The number of carbonyl (C=O) groups is 1. The van der Waals surface area contributed by atoms with E-state index in [4.69, 9.17) is 17.3 Å². The molecule has 4 N–H and O–H groups in total. The third-order valence-corrected chi connectivity index (χ3v) is 2.72. The molecule has 0 fully saturated rings. The van der Waals surface area contributed by atoms with Gasteiger partial charge < -0.3 is 16.4 Å². The summed E-state index contributed by atoms with van der Waals surface area (Å²) in [4.78, 5) is 11.7. The first-order valence-corrected chi connectivity index (χ1v) is 6.16. The third kappa shape index (κ3) is 4.19. The highest BCUT2D eigenvalue weighted by atomic mass is 35.5. The highest BCUT2D eigenvalue weighted by Gasteiger charge is 2.02. The Balaban J connectivity index is 1.88. The van der Waals surface area contributed by atoms with Crippen LogP contribution in [0.15, 0.2) is 48.5 Å². The zero-order valence-electron chi connectivity index (χ0n) is 10.2. The summed E-state index contributed by atoms with van der Waals surface area (Å²) < 4.78 is 0. The van der Waals surface area contributed by atoms with Gasteiger partial charge in [0.05, 0.1) is 0 Å².